The average molecular weight is 455 g/mol. The van der Waals surface area contributed by atoms with E-state index in [0.29, 0.717) is 13.1 Å². The highest BCUT2D eigenvalue weighted by Gasteiger charge is 2.30. The van der Waals surface area contributed by atoms with E-state index in [1.807, 2.05) is 12.1 Å². The summed E-state index contributed by atoms with van der Waals surface area (Å²) in [6.07, 6.45) is 1.81. The Labute approximate surface area is 161 Å². The number of rotatable bonds is 9. The normalized spacial score (nSPS) is 11.7. The predicted molar refractivity (Wildman–Crippen MR) is 109 cm³/mol. The number of hydrogen-bond donors (Lipinski definition) is 3. The van der Waals surface area contributed by atoms with Gasteiger partial charge in [-0.05, 0) is 42.6 Å². The van der Waals surface area contributed by atoms with Crippen molar-refractivity contribution >= 4 is 31.9 Å². The van der Waals surface area contributed by atoms with E-state index in [-0.39, 0.29) is 5.41 Å². The van der Waals surface area contributed by atoms with Gasteiger partial charge in [0.05, 0.1) is 0 Å². The Morgan fingerprint density at radius 2 is 1.33 bits per heavy atom. The summed E-state index contributed by atoms with van der Waals surface area (Å²) in [6, 6.07) is 16.7. The van der Waals surface area contributed by atoms with E-state index in [4.69, 9.17) is 11.5 Å². The summed E-state index contributed by atoms with van der Waals surface area (Å²) in [5.41, 5.74) is 14.4. The lowest BCUT2D eigenvalue weighted by Gasteiger charge is -2.34. The molecule has 0 atom stereocenters. The highest BCUT2D eigenvalue weighted by molar-refractivity contribution is 9.10. The van der Waals surface area contributed by atoms with Crippen molar-refractivity contribution in [1.29, 1.82) is 0 Å². The van der Waals surface area contributed by atoms with Crippen LogP contribution in [-0.4, -0.2) is 26.2 Å². The van der Waals surface area contributed by atoms with Crippen LogP contribution in [0.1, 0.15) is 11.1 Å². The van der Waals surface area contributed by atoms with Crippen LogP contribution in [0.2, 0.25) is 0 Å². The maximum absolute atomic E-state index is 6.28. The topological polar surface area (TPSA) is 64.1 Å². The molecule has 5 N–H and O–H groups in total. The van der Waals surface area contributed by atoms with Crippen LogP contribution in [0.5, 0.6) is 0 Å². The largest absolute Gasteiger partial charge is 0.330 e. The SMILES string of the molecule is NCCNCC(CN)(Cc1ccccc1Br)Cc1ccccc1Br. The zero-order valence-corrected chi connectivity index (χ0v) is 16.9. The highest BCUT2D eigenvalue weighted by atomic mass is 79.9. The molecule has 0 aliphatic rings. The van der Waals surface area contributed by atoms with Crippen molar-refractivity contribution in [2.75, 3.05) is 26.2 Å². The third-order valence-corrected chi connectivity index (χ3v) is 5.85. The summed E-state index contributed by atoms with van der Waals surface area (Å²) in [5, 5.41) is 3.47. The smallest absolute Gasteiger partial charge is 0.0207 e. The van der Waals surface area contributed by atoms with Crippen molar-refractivity contribution in [3.8, 4) is 0 Å². The van der Waals surface area contributed by atoms with Gasteiger partial charge in [-0.3, -0.25) is 0 Å². The standard InChI is InChI=1S/C19H25Br2N3/c20-17-7-3-1-5-15(17)11-19(13-23,14-24-10-9-22)12-16-6-2-4-8-18(16)21/h1-8,24H,9-14,22-23H2. The molecule has 0 radical (unpaired) electrons. The number of halogens is 2. The molecule has 0 fully saturated rings. The number of nitrogens with one attached hydrogen (secondary N) is 1. The maximum Gasteiger partial charge on any atom is 0.0207 e. The third-order valence-electron chi connectivity index (χ3n) is 4.30. The first-order valence-corrected chi connectivity index (χ1v) is 9.76. The van der Waals surface area contributed by atoms with Crippen molar-refractivity contribution in [2.45, 2.75) is 12.8 Å². The molecule has 0 aromatic heterocycles. The molecular formula is C19H25Br2N3. The van der Waals surface area contributed by atoms with Gasteiger partial charge < -0.3 is 16.8 Å². The summed E-state index contributed by atoms with van der Waals surface area (Å²) >= 11 is 7.34. The van der Waals surface area contributed by atoms with Crippen LogP contribution in [-0.2, 0) is 12.8 Å². The Bertz CT molecular complexity index is 599. The van der Waals surface area contributed by atoms with E-state index in [1.165, 1.54) is 11.1 Å². The van der Waals surface area contributed by atoms with Crippen molar-refractivity contribution in [2.24, 2.45) is 16.9 Å². The van der Waals surface area contributed by atoms with Crippen LogP contribution in [0.25, 0.3) is 0 Å². The summed E-state index contributed by atoms with van der Waals surface area (Å²) in [6.45, 7) is 2.87. The Morgan fingerprint density at radius 1 is 0.833 bits per heavy atom. The van der Waals surface area contributed by atoms with Gasteiger partial charge in [-0.2, -0.15) is 0 Å². The van der Waals surface area contributed by atoms with E-state index in [9.17, 15) is 0 Å². The minimum Gasteiger partial charge on any atom is -0.330 e. The quantitative estimate of drug-likeness (QED) is 0.508. The molecule has 0 saturated carbocycles. The fourth-order valence-electron chi connectivity index (χ4n) is 2.95. The first-order chi connectivity index (χ1) is 11.6. The van der Waals surface area contributed by atoms with Crippen LogP contribution in [0.4, 0.5) is 0 Å². The van der Waals surface area contributed by atoms with Gasteiger partial charge in [0.1, 0.15) is 0 Å². The second kappa shape index (κ2) is 9.68. The van der Waals surface area contributed by atoms with Gasteiger partial charge in [0.25, 0.3) is 0 Å². The molecule has 2 aromatic carbocycles. The number of nitrogens with two attached hydrogens (primary N) is 2. The monoisotopic (exact) mass is 453 g/mol. The van der Waals surface area contributed by atoms with Crippen LogP contribution in [0.15, 0.2) is 57.5 Å². The van der Waals surface area contributed by atoms with Gasteiger partial charge in [-0.25, -0.2) is 0 Å². The highest BCUT2D eigenvalue weighted by Crippen LogP contribution is 2.32. The van der Waals surface area contributed by atoms with Crippen molar-refractivity contribution in [1.82, 2.24) is 5.32 Å². The predicted octanol–water partition coefficient (Wildman–Crippen LogP) is 3.49. The van der Waals surface area contributed by atoms with Crippen LogP contribution < -0.4 is 16.8 Å². The zero-order valence-electron chi connectivity index (χ0n) is 13.8. The molecule has 0 bridgehead atoms. The lowest BCUT2D eigenvalue weighted by atomic mass is 9.76. The summed E-state index contributed by atoms with van der Waals surface area (Å²) in [5.74, 6) is 0. The molecule has 2 aromatic rings. The molecule has 0 amide bonds. The van der Waals surface area contributed by atoms with Gasteiger partial charge in [0.15, 0.2) is 0 Å². The summed E-state index contributed by atoms with van der Waals surface area (Å²) < 4.78 is 2.27. The van der Waals surface area contributed by atoms with Gasteiger partial charge in [0, 0.05) is 34.0 Å². The Balaban J connectivity index is 2.28. The second-order valence-electron chi connectivity index (χ2n) is 6.21. The molecular weight excluding hydrogens is 430 g/mol. The van der Waals surface area contributed by atoms with Crippen LogP contribution >= 0.6 is 31.9 Å². The summed E-state index contributed by atoms with van der Waals surface area (Å²) in [7, 11) is 0. The molecule has 130 valence electrons. The van der Waals surface area contributed by atoms with Gasteiger partial charge in [-0.15, -0.1) is 0 Å². The Hall–Kier alpha value is -0.720. The first kappa shape index (κ1) is 19.6. The van der Waals surface area contributed by atoms with Crippen molar-refractivity contribution in [3.63, 3.8) is 0 Å². The second-order valence-corrected chi connectivity index (χ2v) is 7.91. The molecule has 0 aliphatic heterocycles. The summed E-state index contributed by atoms with van der Waals surface area (Å²) in [4.78, 5) is 0. The van der Waals surface area contributed by atoms with Gasteiger partial charge in [-0.1, -0.05) is 68.3 Å². The molecule has 2 rings (SSSR count). The zero-order chi connectivity index (χ0) is 17.4. The lowest BCUT2D eigenvalue weighted by Crippen LogP contribution is -2.45. The molecule has 0 heterocycles. The van der Waals surface area contributed by atoms with Gasteiger partial charge >= 0.3 is 0 Å². The van der Waals surface area contributed by atoms with E-state index < -0.39 is 0 Å². The molecule has 0 aliphatic carbocycles. The van der Waals surface area contributed by atoms with E-state index in [0.717, 1.165) is 34.9 Å². The molecule has 0 unspecified atom stereocenters. The van der Waals surface area contributed by atoms with E-state index >= 15 is 0 Å². The average Bonchev–Trinajstić information content (AvgIpc) is 2.59. The molecule has 0 saturated heterocycles. The minimum atomic E-state index is -0.0666. The van der Waals surface area contributed by atoms with Crippen LogP contribution in [0.3, 0.4) is 0 Å². The fraction of sp³-hybridized carbons (Fsp3) is 0.368. The van der Waals surface area contributed by atoms with Crippen molar-refractivity contribution in [3.05, 3.63) is 68.6 Å². The minimum absolute atomic E-state index is 0.0666. The maximum atomic E-state index is 6.28. The third kappa shape index (κ3) is 5.39. The van der Waals surface area contributed by atoms with Crippen molar-refractivity contribution < 1.29 is 0 Å². The van der Waals surface area contributed by atoms with E-state index in [1.54, 1.807) is 0 Å². The first-order valence-electron chi connectivity index (χ1n) is 8.18. The molecule has 3 nitrogen and oxygen atoms in total. The fourth-order valence-corrected chi connectivity index (χ4v) is 3.80. The Kier molecular flexibility index (Phi) is 7.91. The molecule has 0 spiro atoms. The lowest BCUT2D eigenvalue weighted by molar-refractivity contribution is 0.277. The molecule has 24 heavy (non-hydrogen) atoms. The number of hydrogen-bond acceptors (Lipinski definition) is 3. The number of benzene rings is 2. The Morgan fingerprint density at radius 3 is 1.75 bits per heavy atom. The van der Waals surface area contributed by atoms with Gasteiger partial charge in [0.2, 0.25) is 0 Å². The molecule has 5 heteroatoms. The van der Waals surface area contributed by atoms with Crippen LogP contribution in [0, 0.1) is 5.41 Å². The van der Waals surface area contributed by atoms with E-state index in [2.05, 4.69) is 73.6 Å².